The molecule has 124 valence electrons. The first-order chi connectivity index (χ1) is 11.3. The molecule has 0 saturated carbocycles. The Morgan fingerprint density at radius 2 is 1.61 bits per heavy atom. The van der Waals surface area contributed by atoms with E-state index in [0.29, 0.717) is 0 Å². The van der Waals surface area contributed by atoms with E-state index in [2.05, 4.69) is 31.2 Å². The molecule has 1 atom stereocenters. The first-order valence-corrected chi connectivity index (χ1v) is 8.48. The van der Waals surface area contributed by atoms with Gasteiger partial charge >= 0.3 is 0 Å². The maximum Gasteiger partial charge on any atom is 0.124 e. The zero-order valence-corrected chi connectivity index (χ0v) is 13.9. The molecule has 0 spiro atoms. The molecule has 0 saturated heterocycles. The van der Waals surface area contributed by atoms with Crippen LogP contribution in [0, 0.1) is 0 Å². The van der Waals surface area contributed by atoms with Crippen LogP contribution in [-0.4, -0.2) is 13.2 Å². The van der Waals surface area contributed by atoms with Gasteiger partial charge in [0.1, 0.15) is 17.6 Å². The lowest BCUT2D eigenvalue weighted by Gasteiger charge is -2.20. The summed E-state index contributed by atoms with van der Waals surface area (Å²) >= 11 is 0. The Bertz CT molecular complexity index is 539. The highest BCUT2D eigenvalue weighted by molar-refractivity contribution is 5.32. The largest absolute Gasteiger partial charge is 0.494 e. The van der Waals surface area contributed by atoms with E-state index in [0.717, 1.165) is 50.3 Å². The van der Waals surface area contributed by atoms with Crippen LogP contribution in [-0.2, 0) is 0 Å². The number of benzene rings is 2. The van der Waals surface area contributed by atoms with E-state index in [4.69, 9.17) is 15.2 Å². The fourth-order valence-electron chi connectivity index (χ4n) is 2.43. The second kappa shape index (κ2) is 9.90. The van der Waals surface area contributed by atoms with Crippen molar-refractivity contribution in [2.75, 3.05) is 13.2 Å². The van der Waals surface area contributed by atoms with Crippen molar-refractivity contribution < 1.29 is 9.47 Å². The van der Waals surface area contributed by atoms with Gasteiger partial charge in [0.2, 0.25) is 0 Å². The van der Waals surface area contributed by atoms with E-state index in [9.17, 15) is 0 Å². The zero-order chi connectivity index (χ0) is 16.3. The van der Waals surface area contributed by atoms with Gasteiger partial charge in [0.15, 0.2) is 0 Å². The van der Waals surface area contributed by atoms with Gasteiger partial charge in [-0.05, 0) is 62.1 Å². The minimum Gasteiger partial charge on any atom is -0.494 e. The van der Waals surface area contributed by atoms with Crippen molar-refractivity contribution in [1.82, 2.24) is 0 Å². The second-order valence-electron chi connectivity index (χ2n) is 5.62. The highest BCUT2D eigenvalue weighted by Gasteiger charge is 2.13. The average molecular weight is 313 g/mol. The fourth-order valence-corrected chi connectivity index (χ4v) is 2.43. The van der Waals surface area contributed by atoms with Crippen molar-refractivity contribution in [2.24, 2.45) is 5.73 Å². The Morgan fingerprint density at radius 1 is 0.913 bits per heavy atom. The summed E-state index contributed by atoms with van der Waals surface area (Å²) in [5.41, 5.74) is 6.81. The van der Waals surface area contributed by atoms with Crippen molar-refractivity contribution >= 4 is 0 Å². The molecular formula is C20H27NO2. The molecule has 1 unspecified atom stereocenters. The van der Waals surface area contributed by atoms with Crippen LogP contribution in [0.4, 0.5) is 0 Å². The van der Waals surface area contributed by atoms with Gasteiger partial charge in [-0.15, -0.1) is 0 Å². The van der Waals surface area contributed by atoms with E-state index < -0.39 is 0 Å². The van der Waals surface area contributed by atoms with Crippen LogP contribution in [0.5, 0.6) is 11.5 Å². The molecule has 2 N–H and O–H groups in total. The van der Waals surface area contributed by atoms with E-state index in [1.165, 1.54) is 5.56 Å². The monoisotopic (exact) mass is 313 g/mol. The first kappa shape index (κ1) is 17.4. The quantitative estimate of drug-likeness (QED) is 0.645. The van der Waals surface area contributed by atoms with Crippen LogP contribution in [0.1, 0.15) is 44.3 Å². The molecule has 2 aromatic rings. The highest BCUT2D eigenvalue weighted by atomic mass is 16.5. The number of ether oxygens (including phenoxy) is 2. The molecule has 0 aliphatic carbocycles. The van der Waals surface area contributed by atoms with Crippen LogP contribution >= 0.6 is 0 Å². The van der Waals surface area contributed by atoms with Crippen molar-refractivity contribution in [3.63, 3.8) is 0 Å². The van der Waals surface area contributed by atoms with E-state index in [1.54, 1.807) is 0 Å². The summed E-state index contributed by atoms with van der Waals surface area (Å²) in [7, 11) is 0. The number of unbranched alkanes of at least 4 members (excludes halogenated alkanes) is 1. The standard InChI is InChI=1S/C20H27NO2/c1-2-16-22-18-11-13-19(14-12-18)23-20(10-6-7-15-21)17-8-4-3-5-9-17/h3-5,8-9,11-14,20H,2,6-7,10,15-16,21H2,1H3. The number of hydrogen-bond donors (Lipinski definition) is 1. The third kappa shape index (κ3) is 5.95. The summed E-state index contributed by atoms with van der Waals surface area (Å²) in [5, 5.41) is 0. The topological polar surface area (TPSA) is 44.5 Å². The Kier molecular flexibility index (Phi) is 7.47. The average Bonchev–Trinajstić information content (AvgIpc) is 2.61. The predicted octanol–water partition coefficient (Wildman–Crippen LogP) is 4.72. The summed E-state index contributed by atoms with van der Waals surface area (Å²) in [6.45, 7) is 3.57. The Labute approximate surface area is 139 Å². The van der Waals surface area contributed by atoms with Crippen LogP contribution in [0.15, 0.2) is 54.6 Å². The first-order valence-electron chi connectivity index (χ1n) is 8.48. The Hall–Kier alpha value is -2.00. The summed E-state index contributed by atoms with van der Waals surface area (Å²) in [5.74, 6) is 1.76. The molecule has 3 heteroatoms. The van der Waals surface area contributed by atoms with Gasteiger partial charge in [-0.1, -0.05) is 37.3 Å². The third-order valence-corrected chi connectivity index (χ3v) is 3.67. The molecule has 0 aliphatic heterocycles. The van der Waals surface area contributed by atoms with Gasteiger partial charge < -0.3 is 15.2 Å². The van der Waals surface area contributed by atoms with Gasteiger partial charge in [-0.2, -0.15) is 0 Å². The van der Waals surface area contributed by atoms with Gasteiger partial charge in [0, 0.05) is 0 Å². The molecule has 0 aliphatic rings. The number of rotatable bonds is 10. The van der Waals surface area contributed by atoms with Crippen molar-refractivity contribution in [1.29, 1.82) is 0 Å². The molecular weight excluding hydrogens is 286 g/mol. The molecule has 0 radical (unpaired) electrons. The summed E-state index contributed by atoms with van der Waals surface area (Å²) in [4.78, 5) is 0. The van der Waals surface area contributed by atoms with E-state index >= 15 is 0 Å². The SMILES string of the molecule is CCCOc1ccc(OC(CCCCN)c2ccccc2)cc1. The summed E-state index contributed by atoms with van der Waals surface area (Å²) in [6, 6.07) is 18.2. The molecule has 0 heterocycles. The van der Waals surface area contributed by atoms with Crippen LogP contribution in [0.25, 0.3) is 0 Å². The number of nitrogens with two attached hydrogens (primary N) is 1. The smallest absolute Gasteiger partial charge is 0.124 e. The molecule has 2 rings (SSSR count). The minimum atomic E-state index is 0.0603. The summed E-state index contributed by atoms with van der Waals surface area (Å²) < 4.78 is 11.8. The van der Waals surface area contributed by atoms with Crippen molar-refractivity contribution in [3.8, 4) is 11.5 Å². The molecule has 0 aromatic heterocycles. The van der Waals surface area contributed by atoms with Crippen molar-refractivity contribution in [3.05, 3.63) is 60.2 Å². The van der Waals surface area contributed by atoms with E-state index in [1.807, 2.05) is 30.3 Å². The fraction of sp³-hybridized carbons (Fsp3) is 0.400. The van der Waals surface area contributed by atoms with Gasteiger partial charge in [0.25, 0.3) is 0 Å². The maximum atomic E-state index is 6.21. The third-order valence-electron chi connectivity index (χ3n) is 3.67. The molecule has 0 bridgehead atoms. The van der Waals surface area contributed by atoms with Crippen LogP contribution in [0.3, 0.4) is 0 Å². The lowest BCUT2D eigenvalue weighted by Crippen LogP contribution is -2.09. The van der Waals surface area contributed by atoms with Gasteiger partial charge in [-0.3, -0.25) is 0 Å². The predicted molar refractivity (Wildman–Crippen MR) is 94.9 cm³/mol. The minimum absolute atomic E-state index is 0.0603. The highest BCUT2D eigenvalue weighted by Crippen LogP contribution is 2.27. The Balaban J connectivity index is 2.01. The lowest BCUT2D eigenvalue weighted by molar-refractivity contribution is 0.191. The maximum absolute atomic E-state index is 6.21. The van der Waals surface area contributed by atoms with Crippen LogP contribution in [0.2, 0.25) is 0 Å². The normalized spacial score (nSPS) is 11.9. The lowest BCUT2D eigenvalue weighted by atomic mass is 10.0. The summed E-state index contributed by atoms with van der Waals surface area (Å²) in [6.07, 6.45) is 4.12. The molecule has 2 aromatic carbocycles. The molecule has 0 amide bonds. The van der Waals surface area contributed by atoms with E-state index in [-0.39, 0.29) is 6.10 Å². The molecule has 23 heavy (non-hydrogen) atoms. The molecule has 3 nitrogen and oxygen atoms in total. The Morgan fingerprint density at radius 3 is 2.26 bits per heavy atom. The van der Waals surface area contributed by atoms with Crippen LogP contribution < -0.4 is 15.2 Å². The van der Waals surface area contributed by atoms with Gasteiger partial charge in [-0.25, -0.2) is 0 Å². The molecule has 0 fully saturated rings. The zero-order valence-electron chi connectivity index (χ0n) is 13.9. The number of hydrogen-bond acceptors (Lipinski definition) is 3. The second-order valence-corrected chi connectivity index (χ2v) is 5.62. The van der Waals surface area contributed by atoms with Gasteiger partial charge in [0.05, 0.1) is 6.61 Å². The van der Waals surface area contributed by atoms with Crippen molar-refractivity contribution in [2.45, 2.75) is 38.7 Å².